The first-order chi connectivity index (χ1) is 10.8. The summed E-state index contributed by atoms with van der Waals surface area (Å²) in [5.74, 6) is -0.688. The number of nitrogens with one attached hydrogen (secondary N) is 1. The van der Waals surface area contributed by atoms with Crippen LogP contribution in [0.5, 0.6) is 0 Å². The van der Waals surface area contributed by atoms with Crippen LogP contribution in [-0.4, -0.2) is 11.8 Å². The molecule has 3 aliphatic heterocycles. The molecule has 2 saturated heterocycles. The molecule has 2 amide bonds. The number of anilines is 1. The van der Waals surface area contributed by atoms with Gasteiger partial charge in [-0.15, -0.1) is 0 Å². The van der Waals surface area contributed by atoms with Crippen molar-refractivity contribution >= 4 is 17.5 Å². The smallest absolute Gasteiger partial charge is 0.239 e. The van der Waals surface area contributed by atoms with Gasteiger partial charge in [-0.3, -0.25) is 9.59 Å². The van der Waals surface area contributed by atoms with Crippen LogP contribution in [0, 0.1) is 11.8 Å². The van der Waals surface area contributed by atoms with Gasteiger partial charge in [-0.05, 0) is 23.3 Å². The summed E-state index contributed by atoms with van der Waals surface area (Å²) in [6.07, 6.45) is 0. The first kappa shape index (κ1) is 12.1. The monoisotopic (exact) mass is 290 g/mol. The van der Waals surface area contributed by atoms with Gasteiger partial charge >= 0.3 is 0 Å². The second-order valence-electron chi connectivity index (χ2n) is 6.15. The zero-order valence-corrected chi connectivity index (χ0v) is 11.8. The average Bonchev–Trinajstić information content (AvgIpc) is 3.19. The molecule has 0 aromatic heterocycles. The fraction of sp³-hybridized carbons (Fsp3) is 0.222. The van der Waals surface area contributed by atoms with Crippen LogP contribution in [0.2, 0.25) is 0 Å². The minimum atomic E-state index is -0.271. The van der Waals surface area contributed by atoms with E-state index in [0.29, 0.717) is 5.69 Å². The molecule has 0 saturated carbocycles. The maximum atomic E-state index is 12.9. The van der Waals surface area contributed by atoms with E-state index in [2.05, 4.69) is 17.4 Å². The van der Waals surface area contributed by atoms with Crippen molar-refractivity contribution in [1.82, 2.24) is 5.32 Å². The van der Waals surface area contributed by atoms with Crippen molar-refractivity contribution in [2.24, 2.45) is 11.8 Å². The van der Waals surface area contributed by atoms with E-state index in [-0.39, 0.29) is 35.7 Å². The highest BCUT2D eigenvalue weighted by Crippen LogP contribution is 2.56. The number of benzene rings is 2. The molecule has 3 heterocycles. The molecule has 4 unspecified atom stereocenters. The Morgan fingerprint density at radius 2 is 1.23 bits per heavy atom. The summed E-state index contributed by atoms with van der Waals surface area (Å²) in [5, 5.41) is 3.46. The summed E-state index contributed by atoms with van der Waals surface area (Å²) < 4.78 is 0. The highest BCUT2D eigenvalue weighted by atomic mass is 16.2. The Labute approximate surface area is 127 Å². The van der Waals surface area contributed by atoms with Gasteiger partial charge in [-0.25, -0.2) is 4.90 Å². The summed E-state index contributed by atoms with van der Waals surface area (Å²) in [5.41, 5.74) is 3.02. The lowest BCUT2D eigenvalue weighted by Crippen LogP contribution is -2.34. The van der Waals surface area contributed by atoms with Crippen LogP contribution in [0.15, 0.2) is 54.6 Å². The molecule has 3 aliphatic rings. The van der Waals surface area contributed by atoms with Crippen molar-refractivity contribution in [1.29, 1.82) is 0 Å². The lowest BCUT2D eigenvalue weighted by Gasteiger charge is -2.21. The maximum absolute atomic E-state index is 12.9. The number of amides is 2. The normalized spacial score (nSPS) is 31.5. The van der Waals surface area contributed by atoms with Crippen LogP contribution < -0.4 is 10.2 Å². The van der Waals surface area contributed by atoms with E-state index >= 15 is 0 Å². The predicted molar refractivity (Wildman–Crippen MR) is 81.0 cm³/mol. The van der Waals surface area contributed by atoms with Crippen molar-refractivity contribution in [2.45, 2.75) is 12.1 Å². The van der Waals surface area contributed by atoms with Crippen LogP contribution in [0.1, 0.15) is 23.2 Å². The molecule has 22 heavy (non-hydrogen) atoms. The molecule has 4 atom stereocenters. The summed E-state index contributed by atoms with van der Waals surface area (Å²) >= 11 is 0. The maximum Gasteiger partial charge on any atom is 0.239 e. The van der Waals surface area contributed by atoms with E-state index in [9.17, 15) is 9.59 Å². The van der Waals surface area contributed by atoms with E-state index in [0.717, 1.165) is 0 Å². The second kappa shape index (κ2) is 4.05. The Hall–Kier alpha value is -2.46. The number of imide groups is 1. The summed E-state index contributed by atoms with van der Waals surface area (Å²) in [7, 11) is 0. The number of hydrogen-bond acceptors (Lipinski definition) is 3. The fourth-order valence-electron chi connectivity index (χ4n) is 4.29. The van der Waals surface area contributed by atoms with Crippen molar-refractivity contribution < 1.29 is 9.59 Å². The van der Waals surface area contributed by atoms with Crippen LogP contribution >= 0.6 is 0 Å². The van der Waals surface area contributed by atoms with Crippen LogP contribution in [-0.2, 0) is 9.59 Å². The third-order valence-electron chi connectivity index (χ3n) is 5.16. The predicted octanol–water partition coefficient (Wildman–Crippen LogP) is 2.19. The first-order valence-corrected chi connectivity index (χ1v) is 7.55. The first-order valence-electron chi connectivity index (χ1n) is 7.55. The number of rotatable bonds is 1. The van der Waals surface area contributed by atoms with Crippen LogP contribution in [0.4, 0.5) is 5.69 Å². The number of nitrogens with zero attached hydrogens (tertiary/aromatic N) is 1. The molecule has 4 nitrogen and oxygen atoms in total. The topological polar surface area (TPSA) is 49.4 Å². The van der Waals surface area contributed by atoms with Crippen LogP contribution in [0.3, 0.4) is 0 Å². The van der Waals surface area contributed by atoms with Gasteiger partial charge in [0, 0.05) is 12.1 Å². The minimum Gasteiger partial charge on any atom is -0.301 e. The van der Waals surface area contributed by atoms with Gasteiger partial charge < -0.3 is 5.32 Å². The molecule has 0 aliphatic carbocycles. The highest BCUT2D eigenvalue weighted by Gasteiger charge is 2.63. The molecular weight excluding hydrogens is 276 g/mol. The van der Waals surface area contributed by atoms with Crippen molar-refractivity contribution in [3.05, 3.63) is 65.7 Å². The van der Waals surface area contributed by atoms with Gasteiger partial charge in [-0.1, -0.05) is 42.5 Å². The Bertz CT molecular complexity index is 755. The molecule has 4 heteroatoms. The lowest BCUT2D eigenvalue weighted by atomic mass is 9.77. The SMILES string of the molecule is O=C1C2C3NC(c4ccccc43)C2C(=O)N1c1ccccc1. The van der Waals surface area contributed by atoms with Gasteiger partial charge in [-0.2, -0.15) is 0 Å². The van der Waals surface area contributed by atoms with E-state index in [1.54, 1.807) is 0 Å². The number of hydrogen-bond donors (Lipinski definition) is 1. The molecule has 2 aromatic carbocycles. The van der Waals surface area contributed by atoms with Gasteiger partial charge in [0.1, 0.15) is 0 Å². The van der Waals surface area contributed by atoms with Crippen molar-refractivity contribution in [3.63, 3.8) is 0 Å². The van der Waals surface area contributed by atoms with E-state index in [1.165, 1.54) is 16.0 Å². The zero-order chi connectivity index (χ0) is 14.8. The molecule has 0 radical (unpaired) electrons. The molecule has 2 fully saturated rings. The largest absolute Gasteiger partial charge is 0.301 e. The summed E-state index contributed by atoms with van der Waals surface area (Å²) in [6.45, 7) is 0. The average molecular weight is 290 g/mol. The molecular formula is C18H14N2O2. The third-order valence-corrected chi connectivity index (χ3v) is 5.16. The number of carbonyl (C=O) groups excluding carboxylic acids is 2. The van der Waals surface area contributed by atoms with Crippen LogP contribution in [0.25, 0.3) is 0 Å². The highest BCUT2D eigenvalue weighted by molar-refractivity contribution is 6.23. The Morgan fingerprint density at radius 3 is 1.77 bits per heavy atom. The summed E-state index contributed by atoms with van der Waals surface area (Å²) in [6, 6.07) is 17.3. The lowest BCUT2D eigenvalue weighted by molar-refractivity contribution is -0.123. The zero-order valence-electron chi connectivity index (χ0n) is 11.8. The molecule has 1 N–H and O–H groups in total. The Balaban J connectivity index is 1.62. The van der Waals surface area contributed by atoms with Crippen molar-refractivity contribution in [3.8, 4) is 0 Å². The minimum absolute atomic E-state index is 0.0311. The molecule has 5 rings (SSSR count). The van der Waals surface area contributed by atoms with Gasteiger partial charge in [0.2, 0.25) is 11.8 Å². The standard InChI is InChI=1S/C18H14N2O2/c21-17-13-14(18(22)20(17)10-6-2-1-3-7-10)16-12-9-5-4-8-11(12)15(13)19-16/h1-9,13-16,19H. The van der Waals surface area contributed by atoms with E-state index < -0.39 is 0 Å². The number of para-hydroxylation sites is 1. The van der Waals surface area contributed by atoms with Gasteiger partial charge in [0.05, 0.1) is 17.5 Å². The quantitative estimate of drug-likeness (QED) is 0.819. The number of fused-ring (bicyclic) bond motifs is 8. The molecule has 2 bridgehead atoms. The Kier molecular flexibility index (Phi) is 2.23. The fourth-order valence-corrected chi connectivity index (χ4v) is 4.29. The van der Waals surface area contributed by atoms with Crippen molar-refractivity contribution in [2.75, 3.05) is 4.90 Å². The second-order valence-corrected chi connectivity index (χ2v) is 6.15. The van der Waals surface area contributed by atoms with Gasteiger partial charge in [0.15, 0.2) is 0 Å². The molecule has 0 spiro atoms. The van der Waals surface area contributed by atoms with E-state index in [1.807, 2.05) is 42.5 Å². The molecule has 2 aromatic rings. The van der Waals surface area contributed by atoms with Gasteiger partial charge in [0.25, 0.3) is 0 Å². The summed E-state index contributed by atoms with van der Waals surface area (Å²) in [4.78, 5) is 27.1. The Morgan fingerprint density at radius 1 is 0.727 bits per heavy atom. The molecule has 108 valence electrons. The third kappa shape index (κ3) is 1.31. The van der Waals surface area contributed by atoms with E-state index in [4.69, 9.17) is 0 Å². The number of carbonyl (C=O) groups is 2.